The molecular weight excluding hydrogens is 409 g/mol. The molecule has 0 amide bonds. The maximum Gasteiger partial charge on any atom is 0.421 e. The molecule has 1 heterocycles. The number of alkyl halides is 3. The first kappa shape index (κ1) is 20.3. The fourth-order valence-corrected chi connectivity index (χ4v) is 3.03. The SMILES string of the molecule is COc1cccc(Nc2ncc(C(F)(F)F)c(Nc3cc4ccccc4cc3O)n2)c1. The zero-order chi connectivity index (χ0) is 22.0. The molecule has 31 heavy (non-hydrogen) atoms. The summed E-state index contributed by atoms with van der Waals surface area (Å²) in [6, 6.07) is 17.0. The van der Waals surface area contributed by atoms with E-state index in [1.165, 1.54) is 13.2 Å². The van der Waals surface area contributed by atoms with Crippen molar-refractivity contribution in [2.45, 2.75) is 6.18 Å². The van der Waals surface area contributed by atoms with E-state index in [4.69, 9.17) is 4.74 Å². The van der Waals surface area contributed by atoms with Crippen LogP contribution in [0.3, 0.4) is 0 Å². The minimum absolute atomic E-state index is 0.0518. The third kappa shape index (κ3) is 4.45. The van der Waals surface area contributed by atoms with Crippen LogP contribution in [0.1, 0.15) is 5.56 Å². The molecule has 0 atom stereocenters. The molecule has 3 aromatic carbocycles. The highest BCUT2D eigenvalue weighted by atomic mass is 19.4. The van der Waals surface area contributed by atoms with E-state index in [1.54, 1.807) is 54.6 Å². The van der Waals surface area contributed by atoms with Crippen molar-refractivity contribution in [3.63, 3.8) is 0 Å². The first-order valence-corrected chi connectivity index (χ1v) is 9.17. The van der Waals surface area contributed by atoms with Crippen molar-refractivity contribution in [2.24, 2.45) is 0 Å². The summed E-state index contributed by atoms with van der Waals surface area (Å²) in [5, 5.41) is 17.3. The highest BCUT2D eigenvalue weighted by Gasteiger charge is 2.35. The van der Waals surface area contributed by atoms with Crippen molar-refractivity contribution >= 4 is 33.9 Å². The Balaban J connectivity index is 1.72. The van der Waals surface area contributed by atoms with Crippen LogP contribution in [0.5, 0.6) is 11.5 Å². The number of phenols is 1. The Labute approximate surface area is 175 Å². The summed E-state index contributed by atoms with van der Waals surface area (Å²) in [6.45, 7) is 0. The van der Waals surface area contributed by atoms with Crippen molar-refractivity contribution < 1.29 is 23.0 Å². The van der Waals surface area contributed by atoms with Crippen LogP contribution in [0.2, 0.25) is 0 Å². The summed E-state index contributed by atoms with van der Waals surface area (Å²) in [5.74, 6) is -0.174. The molecule has 0 unspecified atom stereocenters. The van der Waals surface area contributed by atoms with Crippen LogP contribution in [-0.4, -0.2) is 22.2 Å². The molecule has 0 aliphatic rings. The molecule has 1 aromatic heterocycles. The maximum atomic E-state index is 13.5. The molecule has 0 bridgehead atoms. The average Bonchev–Trinajstić information content (AvgIpc) is 2.74. The fraction of sp³-hybridized carbons (Fsp3) is 0.0909. The highest BCUT2D eigenvalue weighted by Crippen LogP contribution is 2.38. The number of benzene rings is 3. The molecule has 158 valence electrons. The second kappa shape index (κ2) is 8.02. The largest absolute Gasteiger partial charge is 0.506 e. The number of phenolic OH excluding ortho intramolecular Hbond substituents is 1. The zero-order valence-electron chi connectivity index (χ0n) is 16.2. The Kier molecular flexibility index (Phi) is 5.24. The smallest absolute Gasteiger partial charge is 0.421 e. The molecule has 0 aliphatic heterocycles. The number of hydrogen-bond acceptors (Lipinski definition) is 6. The van der Waals surface area contributed by atoms with E-state index in [0.717, 1.165) is 10.8 Å². The third-order valence-corrected chi connectivity index (χ3v) is 4.54. The number of halogens is 3. The number of ether oxygens (including phenoxy) is 1. The van der Waals surface area contributed by atoms with E-state index in [-0.39, 0.29) is 17.4 Å². The topological polar surface area (TPSA) is 79.3 Å². The van der Waals surface area contributed by atoms with Crippen LogP contribution < -0.4 is 15.4 Å². The first-order valence-electron chi connectivity index (χ1n) is 9.17. The van der Waals surface area contributed by atoms with Gasteiger partial charge in [0.15, 0.2) is 0 Å². The summed E-state index contributed by atoms with van der Waals surface area (Å²) in [5.41, 5.74) is -0.426. The number of methoxy groups -OCH3 is 1. The van der Waals surface area contributed by atoms with E-state index >= 15 is 0 Å². The minimum Gasteiger partial charge on any atom is -0.506 e. The van der Waals surface area contributed by atoms with Crippen molar-refractivity contribution in [1.82, 2.24) is 9.97 Å². The lowest BCUT2D eigenvalue weighted by Crippen LogP contribution is -2.12. The molecule has 0 saturated carbocycles. The summed E-state index contributed by atoms with van der Waals surface area (Å²) < 4.78 is 45.8. The number of nitrogens with one attached hydrogen (secondary N) is 2. The van der Waals surface area contributed by atoms with Gasteiger partial charge in [0.25, 0.3) is 0 Å². The molecule has 0 aliphatic carbocycles. The van der Waals surface area contributed by atoms with Gasteiger partial charge in [0.2, 0.25) is 5.95 Å². The van der Waals surface area contributed by atoms with Crippen LogP contribution in [0, 0.1) is 0 Å². The third-order valence-electron chi connectivity index (χ3n) is 4.54. The molecule has 4 rings (SSSR count). The van der Waals surface area contributed by atoms with Gasteiger partial charge in [-0.3, -0.25) is 0 Å². The normalized spacial score (nSPS) is 11.4. The summed E-state index contributed by atoms with van der Waals surface area (Å²) >= 11 is 0. The summed E-state index contributed by atoms with van der Waals surface area (Å²) in [7, 11) is 1.51. The molecule has 0 fully saturated rings. The van der Waals surface area contributed by atoms with Gasteiger partial charge in [-0.15, -0.1) is 0 Å². The standard InChI is InChI=1S/C22H17F3N4O2/c1-31-16-8-4-7-15(11-16)27-21-26-12-17(22(23,24)25)20(29-21)28-18-9-13-5-2-3-6-14(13)10-19(18)30/h2-12,30H,1H3,(H2,26,27,28,29). The van der Waals surface area contributed by atoms with E-state index in [9.17, 15) is 18.3 Å². The van der Waals surface area contributed by atoms with Crippen LogP contribution in [0.25, 0.3) is 10.8 Å². The second-order valence-corrected chi connectivity index (χ2v) is 6.65. The van der Waals surface area contributed by atoms with Crippen LogP contribution in [0.4, 0.5) is 36.3 Å². The number of aromatic nitrogens is 2. The maximum absolute atomic E-state index is 13.5. The van der Waals surface area contributed by atoms with Gasteiger partial charge in [0.1, 0.15) is 22.9 Å². The lowest BCUT2D eigenvalue weighted by molar-refractivity contribution is -0.137. The van der Waals surface area contributed by atoms with E-state index in [0.29, 0.717) is 17.6 Å². The molecular formula is C22H17F3N4O2. The molecule has 9 heteroatoms. The highest BCUT2D eigenvalue weighted by molar-refractivity contribution is 5.89. The Morgan fingerprint density at radius 1 is 0.935 bits per heavy atom. The quantitative estimate of drug-likeness (QED) is 0.348. The number of nitrogens with zero attached hydrogens (tertiary/aromatic N) is 2. The predicted octanol–water partition coefficient (Wildman–Crippen LogP) is 5.85. The van der Waals surface area contributed by atoms with Crippen molar-refractivity contribution in [3.05, 3.63) is 72.4 Å². The van der Waals surface area contributed by atoms with Crippen LogP contribution in [0.15, 0.2) is 66.9 Å². The van der Waals surface area contributed by atoms with Gasteiger partial charge < -0.3 is 20.5 Å². The predicted molar refractivity (Wildman–Crippen MR) is 112 cm³/mol. The van der Waals surface area contributed by atoms with Gasteiger partial charge in [0, 0.05) is 18.0 Å². The summed E-state index contributed by atoms with van der Waals surface area (Å²) in [4.78, 5) is 7.79. The number of rotatable bonds is 5. The number of fused-ring (bicyclic) bond motifs is 1. The van der Waals surface area contributed by atoms with E-state index < -0.39 is 17.6 Å². The lowest BCUT2D eigenvalue weighted by Gasteiger charge is -2.16. The Morgan fingerprint density at radius 2 is 1.68 bits per heavy atom. The molecule has 0 radical (unpaired) electrons. The number of aromatic hydroxyl groups is 1. The Bertz CT molecular complexity index is 1250. The molecule has 0 spiro atoms. The van der Waals surface area contributed by atoms with Gasteiger partial charge in [-0.05, 0) is 35.0 Å². The van der Waals surface area contributed by atoms with E-state index in [1.807, 2.05) is 0 Å². The van der Waals surface area contributed by atoms with Crippen LogP contribution in [-0.2, 0) is 6.18 Å². The second-order valence-electron chi connectivity index (χ2n) is 6.65. The van der Waals surface area contributed by atoms with Crippen molar-refractivity contribution in [1.29, 1.82) is 0 Å². The van der Waals surface area contributed by atoms with Gasteiger partial charge in [-0.1, -0.05) is 30.3 Å². The monoisotopic (exact) mass is 426 g/mol. The number of hydrogen-bond donors (Lipinski definition) is 3. The van der Waals surface area contributed by atoms with Gasteiger partial charge >= 0.3 is 6.18 Å². The van der Waals surface area contributed by atoms with Gasteiger partial charge in [0.05, 0.1) is 12.8 Å². The van der Waals surface area contributed by atoms with Gasteiger partial charge in [-0.2, -0.15) is 18.2 Å². The first-order chi connectivity index (χ1) is 14.8. The molecule has 0 saturated heterocycles. The average molecular weight is 426 g/mol. The van der Waals surface area contributed by atoms with Gasteiger partial charge in [-0.25, -0.2) is 4.98 Å². The van der Waals surface area contributed by atoms with Crippen molar-refractivity contribution in [3.8, 4) is 11.5 Å². The molecule has 3 N–H and O–H groups in total. The van der Waals surface area contributed by atoms with Crippen molar-refractivity contribution in [2.75, 3.05) is 17.7 Å². The minimum atomic E-state index is -4.69. The lowest BCUT2D eigenvalue weighted by atomic mass is 10.1. The zero-order valence-corrected chi connectivity index (χ0v) is 16.2. The Hall–Kier alpha value is -4.01. The fourth-order valence-electron chi connectivity index (χ4n) is 3.03. The molecule has 4 aromatic rings. The van der Waals surface area contributed by atoms with Crippen LogP contribution >= 0.6 is 0 Å². The van der Waals surface area contributed by atoms with E-state index in [2.05, 4.69) is 20.6 Å². The summed E-state index contributed by atoms with van der Waals surface area (Å²) in [6.07, 6.45) is -4.00. The molecule has 6 nitrogen and oxygen atoms in total. The number of anilines is 4. The Morgan fingerprint density at radius 3 is 2.39 bits per heavy atom.